The topological polar surface area (TPSA) is 52.5 Å². The summed E-state index contributed by atoms with van der Waals surface area (Å²) in [5, 5.41) is 2.10. The van der Waals surface area contributed by atoms with Crippen LogP contribution >= 0.6 is 11.3 Å². The third-order valence-corrected chi connectivity index (χ3v) is 4.00. The first-order chi connectivity index (χ1) is 10.2. The van der Waals surface area contributed by atoms with E-state index in [0.717, 1.165) is 33.2 Å². The number of thiazole rings is 1. The summed E-state index contributed by atoms with van der Waals surface area (Å²) in [5.74, 6) is 0.845. The van der Waals surface area contributed by atoms with Crippen LogP contribution in [0.5, 0.6) is 5.75 Å². The van der Waals surface area contributed by atoms with Crippen molar-refractivity contribution in [1.82, 2.24) is 9.38 Å². The Morgan fingerprint density at radius 2 is 2.14 bits per heavy atom. The number of aromatic nitrogens is 2. The van der Waals surface area contributed by atoms with E-state index in [4.69, 9.17) is 10.5 Å². The molecular formula is C16H17N3OS. The molecule has 0 spiro atoms. The van der Waals surface area contributed by atoms with Crippen molar-refractivity contribution in [1.29, 1.82) is 0 Å². The molecule has 21 heavy (non-hydrogen) atoms. The van der Waals surface area contributed by atoms with Crippen LogP contribution in [0.25, 0.3) is 16.2 Å². The number of hydrogen-bond donors (Lipinski definition) is 1. The number of rotatable bonds is 5. The monoisotopic (exact) mass is 299 g/mol. The zero-order chi connectivity index (χ0) is 14.8. The van der Waals surface area contributed by atoms with E-state index in [2.05, 4.69) is 33.5 Å². The zero-order valence-corrected chi connectivity index (χ0v) is 12.7. The normalized spacial score (nSPS) is 11.0. The fourth-order valence-corrected chi connectivity index (χ4v) is 3.03. The molecule has 0 bridgehead atoms. The summed E-state index contributed by atoms with van der Waals surface area (Å²) in [6.07, 6.45) is 1.83. The minimum Gasteiger partial charge on any atom is -0.489 e. The summed E-state index contributed by atoms with van der Waals surface area (Å²) in [5.41, 5.74) is 10.0. The fourth-order valence-electron chi connectivity index (χ4n) is 2.14. The highest BCUT2D eigenvalue weighted by molar-refractivity contribution is 7.15. The lowest BCUT2D eigenvalue weighted by Gasteiger charge is -2.07. The molecule has 0 saturated carbocycles. The van der Waals surface area contributed by atoms with E-state index in [9.17, 15) is 0 Å². The van der Waals surface area contributed by atoms with E-state index < -0.39 is 0 Å². The number of hydrogen-bond acceptors (Lipinski definition) is 4. The minimum absolute atomic E-state index is 0.477. The molecule has 108 valence electrons. The fraction of sp³-hybridized carbons (Fsp3) is 0.188. The van der Waals surface area contributed by atoms with Crippen LogP contribution in [0.3, 0.4) is 0 Å². The first kappa shape index (κ1) is 13.9. The van der Waals surface area contributed by atoms with Gasteiger partial charge in [-0.15, -0.1) is 11.3 Å². The Morgan fingerprint density at radius 3 is 2.81 bits per heavy atom. The van der Waals surface area contributed by atoms with Crippen molar-refractivity contribution < 1.29 is 4.74 Å². The number of ether oxygens (including phenoxy) is 1. The molecule has 0 atom stereocenters. The highest BCUT2D eigenvalue weighted by atomic mass is 32.1. The second-order valence-electron chi connectivity index (χ2n) is 4.96. The Hall–Kier alpha value is -2.11. The molecule has 0 fully saturated rings. The molecule has 4 nitrogen and oxygen atoms in total. The quantitative estimate of drug-likeness (QED) is 0.734. The molecule has 2 aromatic heterocycles. The van der Waals surface area contributed by atoms with Gasteiger partial charge in [-0.25, -0.2) is 4.98 Å². The molecular weight excluding hydrogens is 282 g/mol. The molecule has 0 unspecified atom stereocenters. The molecule has 0 aliphatic rings. The first-order valence-corrected chi connectivity index (χ1v) is 7.58. The van der Waals surface area contributed by atoms with Crippen LogP contribution in [0.1, 0.15) is 12.6 Å². The Bertz CT molecular complexity index is 771. The molecule has 0 saturated heterocycles. The Morgan fingerprint density at radius 1 is 1.38 bits per heavy atom. The summed E-state index contributed by atoms with van der Waals surface area (Å²) < 4.78 is 7.73. The van der Waals surface area contributed by atoms with Gasteiger partial charge in [0.1, 0.15) is 12.4 Å². The maximum atomic E-state index is 5.77. The Kier molecular flexibility index (Phi) is 3.77. The van der Waals surface area contributed by atoms with Crippen molar-refractivity contribution in [3.05, 3.63) is 53.7 Å². The van der Waals surface area contributed by atoms with Gasteiger partial charge in [0.15, 0.2) is 4.96 Å². The molecule has 3 aromatic rings. The van der Waals surface area contributed by atoms with E-state index in [-0.39, 0.29) is 0 Å². The van der Waals surface area contributed by atoms with Gasteiger partial charge in [0.05, 0.1) is 17.6 Å². The molecule has 3 rings (SSSR count). The van der Waals surface area contributed by atoms with Crippen molar-refractivity contribution in [3.8, 4) is 17.0 Å². The Balaban J connectivity index is 1.92. The molecule has 2 N–H and O–H groups in total. The Labute approximate surface area is 127 Å². The average molecular weight is 299 g/mol. The predicted octanol–water partition coefficient (Wildman–Crippen LogP) is 3.48. The second kappa shape index (κ2) is 5.71. The number of nitrogens with zero attached hydrogens (tertiary/aromatic N) is 2. The summed E-state index contributed by atoms with van der Waals surface area (Å²) in [7, 11) is 0. The van der Waals surface area contributed by atoms with Gasteiger partial charge in [-0.1, -0.05) is 6.58 Å². The van der Waals surface area contributed by atoms with Gasteiger partial charge in [-0.3, -0.25) is 4.40 Å². The van der Waals surface area contributed by atoms with Crippen LogP contribution in [0, 0.1) is 0 Å². The van der Waals surface area contributed by atoms with Crippen molar-refractivity contribution in [3.63, 3.8) is 0 Å². The maximum Gasteiger partial charge on any atom is 0.194 e. The molecule has 2 heterocycles. The van der Waals surface area contributed by atoms with E-state index in [0.29, 0.717) is 13.2 Å². The number of fused-ring (bicyclic) bond motifs is 1. The van der Waals surface area contributed by atoms with Gasteiger partial charge in [-0.05, 0) is 42.3 Å². The van der Waals surface area contributed by atoms with Crippen molar-refractivity contribution >= 4 is 16.3 Å². The van der Waals surface area contributed by atoms with Gasteiger partial charge in [-0.2, -0.15) is 0 Å². The van der Waals surface area contributed by atoms with E-state index in [1.165, 1.54) is 0 Å². The average Bonchev–Trinajstić information content (AvgIpc) is 3.07. The third kappa shape index (κ3) is 2.70. The van der Waals surface area contributed by atoms with Crippen LogP contribution in [0.2, 0.25) is 0 Å². The lowest BCUT2D eigenvalue weighted by molar-refractivity contribution is 0.353. The molecule has 0 aliphatic carbocycles. The number of nitrogens with two attached hydrogens (primary N) is 1. The van der Waals surface area contributed by atoms with Crippen LogP contribution < -0.4 is 10.5 Å². The highest BCUT2D eigenvalue weighted by Gasteiger charge is 2.10. The van der Waals surface area contributed by atoms with Crippen LogP contribution in [0.4, 0.5) is 0 Å². The standard InChI is InChI=1S/C16H17N3OS/c1-11(2)9-20-14-5-3-12(4-6-14)15-10-21-16-18-8-13(7-17)19(15)16/h3-6,8,10H,1,7,9,17H2,2H3. The molecule has 0 amide bonds. The summed E-state index contributed by atoms with van der Waals surface area (Å²) in [6.45, 7) is 6.80. The molecule has 0 aliphatic heterocycles. The second-order valence-corrected chi connectivity index (χ2v) is 5.80. The van der Waals surface area contributed by atoms with Crippen LogP contribution in [0.15, 0.2) is 48.0 Å². The van der Waals surface area contributed by atoms with E-state index in [1.54, 1.807) is 11.3 Å². The third-order valence-electron chi connectivity index (χ3n) is 3.16. The van der Waals surface area contributed by atoms with E-state index in [1.807, 2.05) is 25.3 Å². The van der Waals surface area contributed by atoms with Crippen LogP contribution in [-0.2, 0) is 6.54 Å². The van der Waals surface area contributed by atoms with Gasteiger partial charge >= 0.3 is 0 Å². The van der Waals surface area contributed by atoms with Crippen molar-refractivity contribution in [2.75, 3.05) is 6.61 Å². The largest absolute Gasteiger partial charge is 0.489 e. The van der Waals surface area contributed by atoms with Gasteiger partial charge in [0.2, 0.25) is 0 Å². The van der Waals surface area contributed by atoms with Crippen molar-refractivity contribution in [2.45, 2.75) is 13.5 Å². The lowest BCUT2D eigenvalue weighted by atomic mass is 10.1. The summed E-state index contributed by atoms with van der Waals surface area (Å²) >= 11 is 1.62. The molecule has 0 radical (unpaired) electrons. The SMILES string of the molecule is C=C(C)COc1ccc(-c2csc3ncc(CN)n23)cc1. The first-order valence-electron chi connectivity index (χ1n) is 6.70. The summed E-state index contributed by atoms with van der Waals surface area (Å²) in [6, 6.07) is 8.05. The number of imidazole rings is 1. The van der Waals surface area contributed by atoms with Crippen LogP contribution in [-0.4, -0.2) is 16.0 Å². The summed E-state index contributed by atoms with van der Waals surface area (Å²) in [4.78, 5) is 5.33. The molecule has 5 heteroatoms. The maximum absolute atomic E-state index is 5.77. The van der Waals surface area contributed by atoms with Gasteiger partial charge < -0.3 is 10.5 Å². The smallest absolute Gasteiger partial charge is 0.194 e. The molecule has 1 aromatic carbocycles. The highest BCUT2D eigenvalue weighted by Crippen LogP contribution is 2.28. The minimum atomic E-state index is 0.477. The zero-order valence-electron chi connectivity index (χ0n) is 11.9. The van der Waals surface area contributed by atoms with Gasteiger partial charge in [0.25, 0.3) is 0 Å². The van der Waals surface area contributed by atoms with Crippen molar-refractivity contribution in [2.24, 2.45) is 5.73 Å². The van der Waals surface area contributed by atoms with Gasteiger partial charge in [0, 0.05) is 11.9 Å². The number of benzene rings is 1. The lowest BCUT2D eigenvalue weighted by Crippen LogP contribution is -2.01. The van der Waals surface area contributed by atoms with E-state index >= 15 is 0 Å². The predicted molar refractivity (Wildman–Crippen MR) is 86.7 cm³/mol.